The Balaban J connectivity index is 2.05. The van der Waals surface area contributed by atoms with Gasteiger partial charge in [0.05, 0.1) is 16.6 Å². The lowest BCUT2D eigenvalue weighted by Crippen LogP contribution is -1.99. The molecule has 2 aromatic carbocycles. The molecule has 0 amide bonds. The average Bonchev–Trinajstić information content (AvgIpc) is 3.06. The van der Waals surface area contributed by atoms with Crippen LogP contribution in [0.2, 0.25) is 0 Å². The van der Waals surface area contributed by atoms with Gasteiger partial charge in [-0.2, -0.15) is 0 Å². The van der Waals surface area contributed by atoms with Crippen LogP contribution in [0.1, 0.15) is 25.2 Å². The molecule has 4 rings (SSSR count). The number of aliphatic imine (C=N–C) groups is 1. The zero-order valence-electron chi connectivity index (χ0n) is 15.2. The van der Waals surface area contributed by atoms with Crippen molar-refractivity contribution in [3.8, 4) is 0 Å². The summed E-state index contributed by atoms with van der Waals surface area (Å²) < 4.78 is 2.13. The van der Waals surface area contributed by atoms with Crippen LogP contribution in [0.4, 0.5) is 0 Å². The van der Waals surface area contributed by atoms with Gasteiger partial charge in [0.15, 0.2) is 0 Å². The van der Waals surface area contributed by atoms with Gasteiger partial charge in [0.1, 0.15) is 11.5 Å². The summed E-state index contributed by atoms with van der Waals surface area (Å²) in [6, 6.07) is 14.4. The molecule has 0 aliphatic heterocycles. The molecule has 2 heterocycles. The van der Waals surface area contributed by atoms with E-state index in [1.54, 1.807) is 0 Å². The normalized spacial score (nSPS) is 13.0. The first kappa shape index (κ1) is 16.2. The third-order valence-electron chi connectivity index (χ3n) is 4.68. The number of imidazole rings is 1. The van der Waals surface area contributed by atoms with E-state index in [4.69, 9.17) is 9.97 Å². The summed E-state index contributed by atoms with van der Waals surface area (Å²) >= 11 is 0. The van der Waals surface area contributed by atoms with E-state index in [-0.39, 0.29) is 0 Å². The Bertz CT molecular complexity index is 1230. The summed E-state index contributed by atoms with van der Waals surface area (Å²) in [7, 11) is 0. The number of hydrogen-bond acceptors (Lipinski definition) is 3. The number of para-hydroxylation sites is 3. The minimum atomic E-state index is 0.885. The van der Waals surface area contributed by atoms with Gasteiger partial charge in [-0.1, -0.05) is 30.3 Å². The molecular weight excluding hydrogens is 320 g/mol. The molecule has 0 aliphatic carbocycles. The maximum atomic E-state index is 4.92. The maximum absolute atomic E-state index is 4.92. The molecule has 0 atom stereocenters. The van der Waals surface area contributed by atoms with Crippen molar-refractivity contribution in [1.82, 2.24) is 14.4 Å². The average molecular weight is 340 g/mol. The van der Waals surface area contributed by atoms with Crippen molar-refractivity contribution in [2.24, 2.45) is 4.99 Å². The van der Waals surface area contributed by atoms with Crippen molar-refractivity contribution < 1.29 is 0 Å². The smallest absolute Gasteiger partial charge is 0.148 e. The third kappa shape index (κ3) is 2.51. The summed E-state index contributed by atoms with van der Waals surface area (Å²) in [4.78, 5) is 13.7. The van der Waals surface area contributed by atoms with Crippen molar-refractivity contribution in [3.63, 3.8) is 0 Å². The number of benzene rings is 2. The Morgan fingerprint density at radius 3 is 2.65 bits per heavy atom. The molecule has 0 unspecified atom stereocenters. The number of rotatable bonds is 3. The lowest BCUT2D eigenvalue weighted by molar-refractivity contribution is 1.04. The lowest BCUT2D eigenvalue weighted by atomic mass is 10.0. The van der Waals surface area contributed by atoms with Crippen LogP contribution in [0, 0.1) is 6.92 Å². The molecule has 0 spiro atoms. The second-order valence-corrected chi connectivity index (χ2v) is 6.44. The van der Waals surface area contributed by atoms with Crippen molar-refractivity contribution in [2.75, 3.05) is 0 Å². The lowest BCUT2D eigenvalue weighted by Gasteiger charge is -2.09. The van der Waals surface area contributed by atoms with E-state index in [2.05, 4.69) is 53.4 Å². The fraction of sp³-hybridized carbons (Fsp3) is 0.136. The summed E-state index contributed by atoms with van der Waals surface area (Å²) in [6.07, 6.45) is 4.03. The summed E-state index contributed by atoms with van der Waals surface area (Å²) in [6.45, 7) is 9.61. The first-order chi connectivity index (χ1) is 12.6. The van der Waals surface area contributed by atoms with Crippen molar-refractivity contribution >= 4 is 39.9 Å². The number of allylic oxidation sites excluding steroid dienone is 4. The minimum absolute atomic E-state index is 0.885. The molecule has 0 saturated carbocycles. The topological polar surface area (TPSA) is 42.5 Å². The molecule has 0 saturated heterocycles. The number of aryl methyl sites for hydroxylation is 1. The van der Waals surface area contributed by atoms with Crippen LogP contribution in [0.15, 0.2) is 65.3 Å². The van der Waals surface area contributed by atoms with Crippen LogP contribution in [0.3, 0.4) is 0 Å². The van der Waals surface area contributed by atoms with Crippen LogP contribution >= 0.6 is 0 Å². The van der Waals surface area contributed by atoms with Crippen LogP contribution in [0.5, 0.6) is 0 Å². The number of nitrogens with zero attached hydrogens (tertiary/aromatic N) is 4. The Kier molecular flexibility index (Phi) is 3.88. The highest BCUT2D eigenvalue weighted by molar-refractivity contribution is 6.01. The van der Waals surface area contributed by atoms with Gasteiger partial charge >= 0.3 is 0 Å². The van der Waals surface area contributed by atoms with Crippen LogP contribution in [0.25, 0.3) is 33.2 Å². The quantitative estimate of drug-likeness (QED) is 0.372. The minimum Gasteiger partial charge on any atom is -0.280 e. The van der Waals surface area contributed by atoms with Gasteiger partial charge in [-0.25, -0.2) is 9.97 Å². The predicted molar refractivity (Wildman–Crippen MR) is 110 cm³/mol. The number of hydrogen-bond donors (Lipinski definition) is 0. The standard InChI is InChI=1S/C22H20N4/c1-14(12-13-15(2)23-4)17-8-7-9-18-21(17)24-16(3)26-20-11-6-5-10-19(20)25-22(18)26/h5-13H,4H2,1-3H3/b14-12+,15-13-. The third-order valence-corrected chi connectivity index (χ3v) is 4.68. The van der Waals surface area contributed by atoms with E-state index >= 15 is 0 Å². The SMILES string of the molecule is C=N/C(C)=C\C=C(/C)c1cccc2c1nc(C)n1c3ccccc3nc21. The molecule has 0 fully saturated rings. The van der Waals surface area contributed by atoms with Gasteiger partial charge in [0, 0.05) is 16.6 Å². The number of fused-ring (bicyclic) bond motifs is 5. The first-order valence-electron chi connectivity index (χ1n) is 8.59. The van der Waals surface area contributed by atoms with Gasteiger partial charge in [-0.05, 0) is 57.3 Å². The summed E-state index contributed by atoms with van der Waals surface area (Å²) in [5, 5.41) is 1.06. The maximum Gasteiger partial charge on any atom is 0.148 e. The van der Waals surface area contributed by atoms with Crippen LogP contribution in [-0.4, -0.2) is 21.1 Å². The largest absolute Gasteiger partial charge is 0.280 e. The van der Waals surface area contributed by atoms with Crippen LogP contribution in [-0.2, 0) is 0 Å². The first-order valence-corrected chi connectivity index (χ1v) is 8.59. The molecular formula is C22H20N4. The van der Waals surface area contributed by atoms with Gasteiger partial charge in [-0.15, -0.1) is 0 Å². The van der Waals surface area contributed by atoms with Crippen molar-refractivity contribution in [3.05, 3.63) is 71.7 Å². The van der Waals surface area contributed by atoms with E-state index < -0.39 is 0 Å². The molecule has 0 radical (unpaired) electrons. The molecule has 26 heavy (non-hydrogen) atoms. The zero-order chi connectivity index (χ0) is 18.3. The van der Waals surface area contributed by atoms with E-state index in [9.17, 15) is 0 Å². The molecule has 128 valence electrons. The monoisotopic (exact) mass is 340 g/mol. The number of aromatic nitrogens is 3. The second-order valence-electron chi connectivity index (χ2n) is 6.44. The van der Waals surface area contributed by atoms with E-state index in [1.807, 2.05) is 38.1 Å². The van der Waals surface area contributed by atoms with E-state index in [0.29, 0.717) is 0 Å². The van der Waals surface area contributed by atoms with Crippen molar-refractivity contribution in [1.29, 1.82) is 0 Å². The van der Waals surface area contributed by atoms with Crippen molar-refractivity contribution in [2.45, 2.75) is 20.8 Å². The van der Waals surface area contributed by atoms with Gasteiger partial charge in [0.25, 0.3) is 0 Å². The highest BCUT2D eigenvalue weighted by Crippen LogP contribution is 2.29. The molecule has 4 heteroatoms. The summed E-state index contributed by atoms with van der Waals surface area (Å²) in [5.41, 5.74) is 7.11. The highest BCUT2D eigenvalue weighted by Gasteiger charge is 2.13. The zero-order valence-corrected chi connectivity index (χ0v) is 15.2. The molecule has 4 nitrogen and oxygen atoms in total. The van der Waals surface area contributed by atoms with E-state index in [0.717, 1.165) is 50.2 Å². The molecule has 0 bridgehead atoms. The Morgan fingerprint density at radius 2 is 1.85 bits per heavy atom. The predicted octanol–water partition coefficient (Wildman–Crippen LogP) is 5.35. The van der Waals surface area contributed by atoms with E-state index in [1.165, 1.54) is 0 Å². The van der Waals surface area contributed by atoms with Gasteiger partial charge < -0.3 is 0 Å². The van der Waals surface area contributed by atoms with Gasteiger partial charge in [0.2, 0.25) is 0 Å². The summed E-state index contributed by atoms with van der Waals surface area (Å²) in [5.74, 6) is 0.931. The Hall–Kier alpha value is -3.27. The Morgan fingerprint density at radius 1 is 1.04 bits per heavy atom. The van der Waals surface area contributed by atoms with Gasteiger partial charge in [-0.3, -0.25) is 9.39 Å². The Labute approximate surface area is 152 Å². The second kappa shape index (κ2) is 6.23. The molecule has 0 aliphatic rings. The molecule has 4 aromatic rings. The molecule has 0 N–H and O–H groups in total. The fourth-order valence-electron chi connectivity index (χ4n) is 3.30. The highest BCUT2D eigenvalue weighted by atomic mass is 15.1. The van der Waals surface area contributed by atoms with Crippen LogP contribution < -0.4 is 0 Å². The fourth-order valence-corrected chi connectivity index (χ4v) is 3.30. The molecule has 2 aromatic heterocycles.